The van der Waals surface area contributed by atoms with Gasteiger partial charge in [0.1, 0.15) is 11.5 Å². The molecule has 1 saturated heterocycles. The van der Waals surface area contributed by atoms with Crippen LogP contribution in [0.1, 0.15) is 43.0 Å². The average molecular weight is 438 g/mol. The number of carbonyl (C=O) groups is 2. The topological polar surface area (TPSA) is 83.0 Å². The third-order valence-electron chi connectivity index (χ3n) is 5.36. The van der Waals surface area contributed by atoms with Crippen molar-refractivity contribution in [3.05, 3.63) is 65.0 Å². The normalized spacial score (nSPS) is 18.1. The number of benzene rings is 1. The maximum atomic E-state index is 13.0. The molecule has 0 radical (unpaired) electrons. The smallest absolute Gasteiger partial charge is 0.295 e. The minimum Gasteiger partial charge on any atom is -0.507 e. The summed E-state index contributed by atoms with van der Waals surface area (Å²) in [5.41, 5.74) is 2.08. The Labute approximate surface area is 189 Å². The van der Waals surface area contributed by atoms with Gasteiger partial charge >= 0.3 is 0 Å². The number of aromatic nitrogens is 1. The van der Waals surface area contributed by atoms with E-state index in [0.717, 1.165) is 12.1 Å². The standard InChI is InChI=1S/C25H31N3O4/c1-16(2)32-20-10-9-18(14-17(20)3)23(29)21-22(19-8-6-11-26-15-19)28(25(31)24(21)30)13-7-12-27(4)5/h6,8-11,14-16,22,29H,7,12-13H2,1-5H3/t22-/m0/s1. The minimum atomic E-state index is -0.683. The van der Waals surface area contributed by atoms with E-state index < -0.39 is 17.7 Å². The molecule has 1 aliphatic heterocycles. The van der Waals surface area contributed by atoms with Crippen LogP contribution in [0.4, 0.5) is 0 Å². The quantitative estimate of drug-likeness (QED) is 0.386. The van der Waals surface area contributed by atoms with Crippen LogP contribution in [0.5, 0.6) is 5.75 Å². The van der Waals surface area contributed by atoms with Crippen molar-refractivity contribution >= 4 is 17.4 Å². The number of carbonyl (C=O) groups excluding carboxylic acids is 2. The van der Waals surface area contributed by atoms with Crippen LogP contribution in [0.15, 0.2) is 48.3 Å². The lowest BCUT2D eigenvalue weighted by atomic mass is 9.95. The van der Waals surface area contributed by atoms with Crippen LogP contribution in [0.25, 0.3) is 5.76 Å². The third kappa shape index (κ3) is 4.99. The average Bonchev–Trinajstić information content (AvgIpc) is 2.99. The summed E-state index contributed by atoms with van der Waals surface area (Å²) in [4.78, 5) is 33.7. The third-order valence-corrected chi connectivity index (χ3v) is 5.36. The van der Waals surface area contributed by atoms with Crippen molar-refractivity contribution in [1.29, 1.82) is 0 Å². The number of ether oxygens (including phenoxy) is 1. The van der Waals surface area contributed by atoms with E-state index in [2.05, 4.69) is 4.98 Å². The first kappa shape index (κ1) is 23.5. The molecule has 1 atom stereocenters. The Kier molecular flexibility index (Phi) is 7.30. The van der Waals surface area contributed by atoms with Gasteiger partial charge < -0.3 is 19.6 Å². The predicted molar refractivity (Wildman–Crippen MR) is 123 cm³/mol. The molecule has 32 heavy (non-hydrogen) atoms. The molecule has 0 aliphatic carbocycles. The molecule has 2 aromatic rings. The zero-order chi connectivity index (χ0) is 23.4. The molecule has 1 N–H and O–H groups in total. The first-order valence-electron chi connectivity index (χ1n) is 10.8. The Morgan fingerprint density at radius 2 is 2.00 bits per heavy atom. The van der Waals surface area contributed by atoms with E-state index in [4.69, 9.17) is 4.74 Å². The van der Waals surface area contributed by atoms with E-state index in [-0.39, 0.29) is 17.4 Å². The highest BCUT2D eigenvalue weighted by Crippen LogP contribution is 2.39. The molecule has 7 nitrogen and oxygen atoms in total. The maximum Gasteiger partial charge on any atom is 0.295 e. The maximum absolute atomic E-state index is 13.0. The van der Waals surface area contributed by atoms with Crippen molar-refractivity contribution in [2.75, 3.05) is 27.2 Å². The van der Waals surface area contributed by atoms with Gasteiger partial charge in [0.05, 0.1) is 17.7 Å². The first-order chi connectivity index (χ1) is 15.2. The van der Waals surface area contributed by atoms with Gasteiger partial charge in [-0.05, 0) is 83.2 Å². The number of hydrogen-bond donors (Lipinski definition) is 1. The Morgan fingerprint density at radius 1 is 1.25 bits per heavy atom. The van der Waals surface area contributed by atoms with Gasteiger partial charge in [-0.25, -0.2) is 0 Å². The van der Waals surface area contributed by atoms with E-state index in [0.29, 0.717) is 29.8 Å². The molecule has 0 bridgehead atoms. The molecule has 1 fully saturated rings. The monoisotopic (exact) mass is 437 g/mol. The summed E-state index contributed by atoms with van der Waals surface area (Å²) in [6.07, 6.45) is 4.00. The number of nitrogens with zero attached hydrogens (tertiary/aromatic N) is 3. The molecule has 7 heteroatoms. The highest BCUT2D eigenvalue weighted by Gasteiger charge is 2.45. The van der Waals surface area contributed by atoms with Crippen molar-refractivity contribution < 1.29 is 19.4 Å². The van der Waals surface area contributed by atoms with Gasteiger partial charge in [-0.2, -0.15) is 0 Å². The number of rotatable bonds is 8. The highest BCUT2D eigenvalue weighted by atomic mass is 16.5. The minimum absolute atomic E-state index is 0.0196. The predicted octanol–water partition coefficient (Wildman–Crippen LogP) is 3.55. The zero-order valence-electron chi connectivity index (χ0n) is 19.3. The molecular formula is C25H31N3O4. The van der Waals surface area contributed by atoms with E-state index in [1.807, 2.05) is 45.8 Å². The van der Waals surface area contributed by atoms with Crippen LogP contribution in [0.2, 0.25) is 0 Å². The summed E-state index contributed by atoms with van der Waals surface area (Å²) in [7, 11) is 3.92. The van der Waals surface area contributed by atoms with Crippen LogP contribution < -0.4 is 4.74 Å². The van der Waals surface area contributed by atoms with Crippen molar-refractivity contribution in [2.45, 2.75) is 39.3 Å². The van der Waals surface area contributed by atoms with Gasteiger partial charge in [-0.3, -0.25) is 14.6 Å². The van der Waals surface area contributed by atoms with E-state index in [9.17, 15) is 14.7 Å². The number of aliphatic hydroxyl groups excluding tert-OH is 1. The molecule has 3 rings (SSSR count). The number of aryl methyl sites for hydroxylation is 1. The first-order valence-corrected chi connectivity index (χ1v) is 10.8. The molecular weight excluding hydrogens is 406 g/mol. The van der Waals surface area contributed by atoms with Gasteiger partial charge in [-0.15, -0.1) is 0 Å². The van der Waals surface area contributed by atoms with Crippen LogP contribution in [-0.4, -0.2) is 64.9 Å². The summed E-state index contributed by atoms with van der Waals surface area (Å²) in [6.45, 7) is 6.95. The second-order valence-corrected chi connectivity index (χ2v) is 8.58. The number of aliphatic hydroxyl groups is 1. The molecule has 2 heterocycles. The molecule has 0 saturated carbocycles. The van der Waals surface area contributed by atoms with Gasteiger partial charge in [0.2, 0.25) is 0 Å². The summed E-state index contributed by atoms with van der Waals surface area (Å²) in [5.74, 6) is -0.756. The molecule has 1 aromatic heterocycles. The Morgan fingerprint density at radius 3 is 2.59 bits per heavy atom. The summed E-state index contributed by atoms with van der Waals surface area (Å²) < 4.78 is 5.78. The molecule has 1 aliphatic rings. The number of pyridine rings is 1. The fourth-order valence-electron chi connectivity index (χ4n) is 3.89. The summed E-state index contributed by atoms with van der Waals surface area (Å²) in [5, 5.41) is 11.2. The second-order valence-electron chi connectivity index (χ2n) is 8.58. The lowest BCUT2D eigenvalue weighted by molar-refractivity contribution is -0.139. The number of ketones is 1. The number of Topliss-reactive ketones (excluding diaryl/α,β-unsaturated/α-hetero) is 1. The highest BCUT2D eigenvalue weighted by molar-refractivity contribution is 6.46. The fraction of sp³-hybridized carbons (Fsp3) is 0.400. The van der Waals surface area contributed by atoms with Gasteiger partial charge in [0, 0.05) is 24.5 Å². The van der Waals surface area contributed by atoms with Crippen LogP contribution in [-0.2, 0) is 9.59 Å². The molecule has 0 spiro atoms. The Balaban J connectivity index is 2.05. The summed E-state index contributed by atoms with van der Waals surface area (Å²) >= 11 is 0. The van der Waals surface area contributed by atoms with Gasteiger partial charge in [0.15, 0.2) is 0 Å². The van der Waals surface area contributed by atoms with E-state index in [1.165, 1.54) is 4.90 Å². The molecule has 170 valence electrons. The van der Waals surface area contributed by atoms with Crippen molar-refractivity contribution in [3.63, 3.8) is 0 Å². The van der Waals surface area contributed by atoms with Crippen molar-refractivity contribution in [3.8, 4) is 5.75 Å². The SMILES string of the molecule is Cc1cc(C(O)=C2C(=O)C(=O)N(CCCN(C)C)[C@H]2c2cccnc2)ccc1OC(C)C. The Hall–Kier alpha value is -3.19. The van der Waals surface area contributed by atoms with Crippen molar-refractivity contribution in [2.24, 2.45) is 0 Å². The number of amides is 1. The van der Waals surface area contributed by atoms with E-state index >= 15 is 0 Å². The molecule has 1 amide bonds. The van der Waals surface area contributed by atoms with Gasteiger partial charge in [-0.1, -0.05) is 6.07 Å². The lowest BCUT2D eigenvalue weighted by Crippen LogP contribution is -2.32. The zero-order valence-corrected chi connectivity index (χ0v) is 19.3. The van der Waals surface area contributed by atoms with E-state index in [1.54, 1.807) is 36.7 Å². The lowest BCUT2D eigenvalue weighted by Gasteiger charge is -2.25. The van der Waals surface area contributed by atoms with Crippen molar-refractivity contribution in [1.82, 2.24) is 14.8 Å². The number of likely N-dealkylation sites (tertiary alicyclic amines) is 1. The van der Waals surface area contributed by atoms with Crippen LogP contribution >= 0.6 is 0 Å². The fourth-order valence-corrected chi connectivity index (χ4v) is 3.89. The van der Waals surface area contributed by atoms with Gasteiger partial charge in [0.25, 0.3) is 11.7 Å². The number of hydrogen-bond acceptors (Lipinski definition) is 6. The molecule has 1 aromatic carbocycles. The summed E-state index contributed by atoms with van der Waals surface area (Å²) in [6, 6.07) is 8.15. The van der Waals surface area contributed by atoms with Crippen LogP contribution in [0.3, 0.4) is 0 Å². The van der Waals surface area contributed by atoms with Crippen LogP contribution in [0, 0.1) is 6.92 Å². The molecule has 0 unspecified atom stereocenters. The second kappa shape index (κ2) is 9.96. The Bertz CT molecular complexity index is 1020. The largest absolute Gasteiger partial charge is 0.507 e.